The summed E-state index contributed by atoms with van der Waals surface area (Å²) in [4.78, 5) is 50.8. The number of nitrogens with zero attached hydrogens (tertiary/aromatic N) is 1. The number of carbonyl (C=O) groups excluding carboxylic acids is 4. The van der Waals surface area contributed by atoms with Crippen LogP contribution in [0, 0.1) is 11.8 Å². The normalized spacial score (nSPS) is 19.6. The van der Waals surface area contributed by atoms with Crippen molar-refractivity contribution in [3.63, 3.8) is 0 Å². The molecule has 2 aromatic rings. The van der Waals surface area contributed by atoms with Crippen LogP contribution in [0.4, 0.5) is 11.4 Å². The quantitative estimate of drug-likeness (QED) is 0.398. The Labute approximate surface area is 193 Å². The zero-order valence-electron chi connectivity index (χ0n) is 16.7. The molecule has 3 amide bonds. The minimum Gasteiger partial charge on any atom is -0.452 e. The van der Waals surface area contributed by atoms with Crippen LogP contribution < -0.4 is 10.2 Å². The molecule has 32 heavy (non-hydrogen) atoms. The predicted octanol–water partition coefficient (Wildman–Crippen LogP) is 4.24. The van der Waals surface area contributed by atoms with Crippen LogP contribution in [0.2, 0.25) is 10.0 Å². The number of rotatable bonds is 5. The van der Waals surface area contributed by atoms with E-state index < -0.39 is 18.5 Å². The van der Waals surface area contributed by atoms with Gasteiger partial charge in [0.05, 0.1) is 33.1 Å². The van der Waals surface area contributed by atoms with Crippen LogP contribution in [0.5, 0.6) is 0 Å². The highest BCUT2D eigenvalue weighted by Crippen LogP contribution is 2.37. The number of anilines is 2. The first-order valence-corrected chi connectivity index (χ1v) is 10.7. The topological polar surface area (TPSA) is 92.8 Å². The van der Waals surface area contributed by atoms with E-state index in [4.69, 9.17) is 27.9 Å². The van der Waals surface area contributed by atoms with Gasteiger partial charge in [-0.25, -0.2) is 4.79 Å². The van der Waals surface area contributed by atoms with Crippen LogP contribution in [0.25, 0.3) is 0 Å². The molecule has 0 unspecified atom stereocenters. The van der Waals surface area contributed by atoms with Crippen molar-refractivity contribution in [1.29, 1.82) is 0 Å². The smallest absolute Gasteiger partial charge is 0.338 e. The van der Waals surface area contributed by atoms with Crippen LogP contribution in [0.1, 0.15) is 23.2 Å². The van der Waals surface area contributed by atoms with E-state index in [0.29, 0.717) is 29.2 Å². The molecule has 0 radical (unpaired) electrons. The summed E-state index contributed by atoms with van der Waals surface area (Å²) in [6.45, 7) is -0.500. The van der Waals surface area contributed by atoms with E-state index in [1.807, 2.05) is 12.2 Å². The molecule has 0 aromatic heterocycles. The second-order valence-electron chi connectivity index (χ2n) is 7.47. The van der Waals surface area contributed by atoms with Gasteiger partial charge < -0.3 is 10.1 Å². The Kier molecular flexibility index (Phi) is 6.30. The Morgan fingerprint density at radius 2 is 1.56 bits per heavy atom. The molecule has 1 fully saturated rings. The second kappa shape index (κ2) is 9.14. The number of nitrogens with one attached hydrogen (secondary N) is 1. The van der Waals surface area contributed by atoms with Gasteiger partial charge in [0.2, 0.25) is 11.8 Å². The molecule has 1 saturated heterocycles. The van der Waals surface area contributed by atoms with E-state index in [9.17, 15) is 19.2 Å². The fourth-order valence-electron chi connectivity index (χ4n) is 3.79. The average molecular weight is 473 g/mol. The molecule has 2 aromatic carbocycles. The second-order valence-corrected chi connectivity index (χ2v) is 8.28. The Morgan fingerprint density at radius 3 is 2.16 bits per heavy atom. The van der Waals surface area contributed by atoms with Crippen molar-refractivity contribution in [3.05, 3.63) is 70.2 Å². The summed E-state index contributed by atoms with van der Waals surface area (Å²) in [7, 11) is 0. The van der Waals surface area contributed by atoms with Gasteiger partial charge in [0.1, 0.15) is 0 Å². The third-order valence-electron chi connectivity index (χ3n) is 5.41. The van der Waals surface area contributed by atoms with Crippen molar-refractivity contribution in [2.45, 2.75) is 12.8 Å². The summed E-state index contributed by atoms with van der Waals surface area (Å²) in [6.07, 6.45) is 4.96. The summed E-state index contributed by atoms with van der Waals surface area (Å²) < 4.78 is 5.04. The lowest BCUT2D eigenvalue weighted by atomic mass is 9.85. The Morgan fingerprint density at radius 1 is 0.938 bits per heavy atom. The third kappa shape index (κ3) is 4.40. The average Bonchev–Trinajstić information content (AvgIpc) is 3.05. The van der Waals surface area contributed by atoms with Crippen LogP contribution in [-0.4, -0.2) is 30.3 Å². The molecule has 4 rings (SSSR count). The first-order chi connectivity index (χ1) is 15.3. The summed E-state index contributed by atoms with van der Waals surface area (Å²) in [6, 6.07) is 10.5. The van der Waals surface area contributed by atoms with E-state index in [1.165, 1.54) is 41.3 Å². The van der Waals surface area contributed by atoms with Gasteiger partial charge in [-0.15, -0.1) is 0 Å². The van der Waals surface area contributed by atoms with Crippen molar-refractivity contribution in [2.75, 3.05) is 16.8 Å². The Balaban J connectivity index is 1.35. The predicted molar refractivity (Wildman–Crippen MR) is 120 cm³/mol. The zero-order chi connectivity index (χ0) is 22.8. The number of halogens is 2. The van der Waals surface area contributed by atoms with Crippen molar-refractivity contribution < 1.29 is 23.9 Å². The highest BCUT2D eigenvalue weighted by molar-refractivity contribution is 6.42. The fraction of sp³-hybridized carbons (Fsp3) is 0.217. The van der Waals surface area contributed by atoms with Crippen molar-refractivity contribution >= 4 is 58.3 Å². The van der Waals surface area contributed by atoms with E-state index in [2.05, 4.69) is 5.32 Å². The number of imide groups is 1. The highest BCUT2D eigenvalue weighted by Gasteiger charge is 2.47. The first kappa shape index (κ1) is 22.0. The van der Waals surface area contributed by atoms with Gasteiger partial charge in [0, 0.05) is 5.69 Å². The van der Waals surface area contributed by atoms with Crippen LogP contribution in [0.3, 0.4) is 0 Å². The molecule has 1 heterocycles. The van der Waals surface area contributed by atoms with Gasteiger partial charge in [0.15, 0.2) is 6.61 Å². The standard InChI is InChI=1S/C23H18Cl2N2O5/c24-18-10-7-14(11-19(18)25)26-20(28)12-32-23(31)13-5-8-15(9-6-13)27-21(29)16-3-1-2-4-17(16)22(27)30/h1-2,5-11,16-17H,3-4,12H2,(H,26,28)/t16-,17-/m1/s1. The first-order valence-electron chi connectivity index (χ1n) is 9.90. The minimum absolute atomic E-state index is 0.189. The molecule has 2 atom stereocenters. The van der Waals surface area contributed by atoms with Crippen molar-refractivity contribution in [1.82, 2.24) is 0 Å². The molecule has 1 aliphatic heterocycles. The monoisotopic (exact) mass is 472 g/mol. The van der Waals surface area contributed by atoms with Crippen LogP contribution in [-0.2, 0) is 19.1 Å². The molecular formula is C23H18Cl2N2O5. The summed E-state index contributed by atoms with van der Waals surface area (Å²) >= 11 is 11.7. The molecule has 0 saturated carbocycles. The minimum atomic E-state index is -0.710. The van der Waals surface area contributed by atoms with Crippen LogP contribution in [0.15, 0.2) is 54.6 Å². The zero-order valence-corrected chi connectivity index (χ0v) is 18.2. The number of carbonyl (C=O) groups is 4. The molecule has 9 heteroatoms. The molecular weight excluding hydrogens is 455 g/mol. The molecule has 7 nitrogen and oxygen atoms in total. The van der Waals surface area contributed by atoms with E-state index >= 15 is 0 Å². The summed E-state index contributed by atoms with van der Waals surface area (Å²) in [5.74, 6) is -2.36. The number of hydrogen-bond acceptors (Lipinski definition) is 5. The van der Waals surface area contributed by atoms with Gasteiger partial charge in [0.25, 0.3) is 5.91 Å². The summed E-state index contributed by atoms with van der Waals surface area (Å²) in [5, 5.41) is 3.19. The number of fused-ring (bicyclic) bond motifs is 1. The SMILES string of the molecule is O=C(COC(=O)c1ccc(N2C(=O)[C@@H]3CC=CC[C@H]3C2=O)cc1)Nc1ccc(Cl)c(Cl)c1. The van der Waals surface area contributed by atoms with Crippen molar-refractivity contribution in [3.8, 4) is 0 Å². The Hall–Kier alpha value is -3.16. The summed E-state index contributed by atoms with van der Waals surface area (Å²) in [5.41, 5.74) is 1.01. The van der Waals surface area contributed by atoms with E-state index in [0.717, 1.165) is 0 Å². The largest absolute Gasteiger partial charge is 0.452 e. The van der Waals surface area contributed by atoms with Gasteiger partial charge in [-0.1, -0.05) is 35.4 Å². The number of esters is 1. The molecule has 0 bridgehead atoms. The van der Waals surface area contributed by atoms with E-state index in [-0.39, 0.29) is 34.2 Å². The van der Waals surface area contributed by atoms with Crippen LogP contribution >= 0.6 is 23.2 Å². The molecule has 0 spiro atoms. The number of benzene rings is 2. The molecule has 2 aliphatic rings. The fourth-order valence-corrected chi connectivity index (χ4v) is 4.08. The molecule has 164 valence electrons. The lowest BCUT2D eigenvalue weighted by molar-refractivity contribution is -0.122. The van der Waals surface area contributed by atoms with E-state index in [1.54, 1.807) is 6.07 Å². The van der Waals surface area contributed by atoms with Gasteiger partial charge >= 0.3 is 5.97 Å². The number of ether oxygens (including phenoxy) is 1. The maximum Gasteiger partial charge on any atom is 0.338 e. The molecule has 1 N–H and O–H groups in total. The van der Waals surface area contributed by atoms with Gasteiger partial charge in [-0.05, 0) is 55.3 Å². The van der Waals surface area contributed by atoms with Gasteiger partial charge in [-0.3, -0.25) is 19.3 Å². The number of allylic oxidation sites excluding steroid dienone is 2. The van der Waals surface area contributed by atoms with Crippen molar-refractivity contribution in [2.24, 2.45) is 11.8 Å². The third-order valence-corrected chi connectivity index (χ3v) is 6.15. The number of amides is 3. The lowest BCUT2D eigenvalue weighted by Crippen LogP contribution is -2.30. The number of hydrogen-bond donors (Lipinski definition) is 1. The maximum absolute atomic E-state index is 12.7. The highest BCUT2D eigenvalue weighted by atomic mass is 35.5. The lowest BCUT2D eigenvalue weighted by Gasteiger charge is -2.15. The van der Waals surface area contributed by atoms with Gasteiger partial charge in [-0.2, -0.15) is 0 Å². The Bertz CT molecular complexity index is 1100. The molecule has 1 aliphatic carbocycles. The maximum atomic E-state index is 12.7.